The van der Waals surface area contributed by atoms with Crippen molar-refractivity contribution in [3.63, 3.8) is 0 Å². The summed E-state index contributed by atoms with van der Waals surface area (Å²) in [6.07, 6.45) is 0. The fraction of sp³-hybridized carbons (Fsp3) is 0.500. The van der Waals surface area contributed by atoms with Crippen molar-refractivity contribution in [2.24, 2.45) is 0 Å². The van der Waals surface area contributed by atoms with Gasteiger partial charge in [0, 0.05) is 25.0 Å². The lowest BCUT2D eigenvalue weighted by Crippen LogP contribution is -2.23. The van der Waals surface area contributed by atoms with E-state index in [4.69, 9.17) is 5.11 Å². The van der Waals surface area contributed by atoms with Gasteiger partial charge in [0.15, 0.2) is 0 Å². The van der Waals surface area contributed by atoms with Gasteiger partial charge in [0.2, 0.25) is 5.95 Å². The van der Waals surface area contributed by atoms with Crippen LogP contribution in [0, 0.1) is 6.92 Å². The fourth-order valence-corrected chi connectivity index (χ4v) is 2.68. The number of aliphatic hydroxyl groups excluding tert-OH is 1. The van der Waals surface area contributed by atoms with Crippen molar-refractivity contribution in [2.75, 3.05) is 37.0 Å². The Kier molecular flexibility index (Phi) is 3.98. The number of nitrogens with zero attached hydrogens (tertiary/aromatic N) is 3. The topological polar surface area (TPSA) is 61.3 Å². The molecule has 0 aliphatic heterocycles. The largest absolute Gasteiger partial charge is 0.395 e. The van der Waals surface area contributed by atoms with E-state index in [1.807, 2.05) is 18.9 Å². The first-order valence-corrected chi connectivity index (χ1v) is 6.81. The van der Waals surface area contributed by atoms with Gasteiger partial charge in [0.25, 0.3) is 0 Å². The molecular weight excluding hydrogens is 248 g/mol. The van der Waals surface area contributed by atoms with Gasteiger partial charge < -0.3 is 15.3 Å². The average Bonchev–Trinajstić information content (AvgIpc) is 2.69. The first-order valence-electron chi connectivity index (χ1n) is 5.99. The molecule has 0 bridgehead atoms. The lowest BCUT2D eigenvalue weighted by Gasteiger charge is -2.18. The van der Waals surface area contributed by atoms with Crippen LogP contribution in [-0.2, 0) is 0 Å². The van der Waals surface area contributed by atoms with Crippen LogP contribution in [0.15, 0.2) is 6.07 Å². The standard InChI is InChI=1S/C12H18N4OS/c1-4-13-12-14-10(16(3)5-6-17)9-7-8(2)18-11(9)15-12/h7,17H,4-6H2,1-3H3,(H,13,14,15). The minimum absolute atomic E-state index is 0.113. The van der Waals surface area contributed by atoms with Crippen molar-refractivity contribution in [2.45, 2.75) is 13.8 Å². The van der Waals surface area contributed by atoms with Crippen LogP contribution in [-0.4, -0.2) is 41.8 Å². The zero-order chi connectivity index (χ0) is 13.1. The molecule has 0 aromatic carbocycles. The van der Waals surface area contributed by atoms with Crippen molar-refractivity contribution in [1.29, 1.82) is 0 Å². The van der Waals surface area contributed by atoms with E-state index in [2.05, 4.69) is 28.3 Å². The van der Waals surface area contributed by atoms with E-state index in [9.17, 15) is 0 Å². The Morgan fingerprint density at radius 3 is 2.89 bits per heavy atom. The van der Waals surface area contributed by atoms with Gasteiger partial charge in [-0.2, -0.15) is 4.98 Å². The lowest BCUT2D eigenvalue weighted by molar-refractivity contribution is 0.304. The molecule has 0 unspecified atom stereocenters. The van der Waals surface area contributed by atoms with Gasteiger partial charge in [-0.1, -0.05) is 0 Å². The number of hydrogen-bond acceptors (Lipinski definition) is 6. The molecule has 0 spiro atoms. The normalized spacial score (nSPS) is 10.9. The number of anilines is 2. The number of rotatable bonds is 5. The van der Waals surface area contributed by atoms with Gasteiger partial charge in [0.05, 0.1) is 12.0 Å². The second-order valence-electron chi connectivity index (χ2n) is 4.12. The van der Waals surface area contributed by atoms with E-state index < -0.39 is 0 Å². The van der Waals surface area contributed by atoms with Crippen LogP contribution >= 0.6 is 11.3 Å². The van der Waals surface area contributed by atoms with Gasteiger partial charge in [-0.15, -0.1) is 11.3 Å². The summed E-state index contributed by atoms with van der Waals surface area (Å²) >= 11 is 1.66. The van der Waals surface area contributed by atoms with Crippen molar-refractivity contribution in [3.8, 4) is 0 Å². The van der Waals surface area contributed by atoms with Crippen molar-refractivity contribution < 1.29 is 5.11 Å². The molecule has 0 atom stereocenters. The molecule has 0 radical (unpaired) electrons. The highest BCUT2D eigenvalue weighted by molar-refractivity contribution is 7.18. The summed E-state index contributed by atoms with van der Waals surface area (Å²) in [6, 6.07) is 2.10. The molecular formula is C12H18N4OS. The number of fused-ring (bicyclic) bond motifs is 1. The predicted octanol–water partition coefficient (Wildman–Crippen LogP) is 1.86. The maximum atomic E-state index is 9.05. The Hall–Kier alpha value is -1.40. The monoisotopic (exact) mass is 266 g/mol. The minimum atomic E-state index is 0.113. The summed E-state index contributed by atoms with van der Waals surface area (Å²) in [5.41, 5.74) is 0. The van der Waals surface area contributed by atoms with Crippen LogP contribution in [0.2, 0.25) is 0 Å². The highest BCUT2D eigenvalue weighted by Crippen LogP contribution is 2.31. The van der Waals surface area contributed by atoms with Gasteiger partial charge in [-0.3, -0.25) is 0 Å². The third-order valence-corrected chi connectivity index (χ3v) is 3.57. The Balaban J connectivity index is 2.52. The second kappa shape index (κ2) is 5.49. The van der Waals surface area contributed by atoms with Crippen molar-refractivity contribution in [3.05, 3.63) is 10.9 Å². The molecule has 2 rings (SSSR count). The highest BCUT2D eigenvalue weighted by Gasteiger charge is 2.13. The Bertz CT molecular complexity index is 540. The van der Waals surface area contributed by atoms with E-state index >= 15 is 0 Å². The molecule has 0 aliphatic rings. The minimum Gasteiger partial charge on any atom is -0.395 e. The third kappa shape index (κ3) is 2.54. The van der Waals surface area contributed by atoms with Crippen LogP contribution in [0.4, 0.5) is 11.8 Å². The molecule has 18 heavy (non-hydrogen) atoms. The molecule has 0 aliphatic carbocycles. The number of thiophene rings is 1. The van der Waals surface area contributed by atoms with E-state index in [-0.39, 0.29) is 6.61 Å². The molecule has 5 nitrogen and oxygen atoms in total. The van der Waals surface area contributed by atoms with Crippen LogP contribution in [0.25, 0.3) is 10.2 Å². The molecule has 0 saturated heterocycles. The quantitative estimate of drug-likeness (QED) is 0.865. The molecule has 0 saturated carbocycles. The smallest absolute Gasteiger partial charge is 0.226 e. The number of aromatic nitrogens is 2. The highest BCUT2D eigenvalue weighted by atomic mass is 32.1. The van der Waals surface area contributed by atoms with E-state index in [0.717, 1.165) is 22.6 Å². The molecule has 2 heterocycles. The van der Waals surface area contributed by atoms with Gasteiger partial charge >= 0.3 is 0 Å². The predicted molar refractivity (Wildman–Crippen MR) is 76.7 cm³/mol. The van der Waals surface area contributed by atoms with Crippen LogP contribution in [0.5, 0.6) is 0 Å². The van der Waals surface area contributed by atoms with Gasteiger partial charge in [0.1, 0.15) is 10.6 Å². The molecule has 2 N–H and O–H groups in total. The Morgan fingerprint density at radius 1 is 1.44 bits per heavy atom. The molecule has 6 heteroatoms. The summed E-state index contributed by atoms with van der Waals surface area (Å²) in [5.74, 6) is 1.51. The lowest BCUT2D eigenvalue weighted by atomic mass is 10.3. The zero-order valence-electron chi connectivity index (χ0n) is 10.9. The van der Waals surface area contributed by atoms with Crippen LogP contribution in [0.3, 0.4) is 0 Å². The number of likely N-dealkylation sites (N-methyl/N-ethyl adjacent to an activating group) is 1. The SMILES string of the molecule is CCNc1nc(N(C)CCO)c2cc(C)sc2n1. The molecule has 0 fully saturated rings. The van der Waals surface area contributed by atoms with E-state index in [0.29, 0.717) is 12.5 Å². The first kappa shape index (κ1) is 13.0. The van der Waals surface area contributed by atoms with Crippen molar-refractivity contribution in [1.82, 2.24) is 9.97 Å². The maximum absolute atomic E-state index is 9.05. The summed E-state index contributed by atoms with van der Waals surface area (Å²) in [4.78, 5) is 13.2. The first-order chi connectivity index (χ1) is 8.65. The third-order valence-electron chi connectivity index (χ3n) is 2.63. The average molecular weight is 266 g/mol. The van der Waals surface area contributed by atoms with Crippen LogP contribution in [0.1, 0.15) is 11.8 Å². The van der Waals surface area contributed by atoms with Gasteiger partial charge in [-0.25, -0.2) is 4.98 Å². The zero-order valence-corrected chi connectivity index (χ0v) is 11.7. The Morgan fingerprint density at radius 2 is 2.22 bits per heavy atom. The number of aliphatic hydroxyl groups is 1. The summed E-state index contributed by atoms with van der Waals surface area (Å²) in [6.45, 7) is 5.55. The molecule has 2 aromatic rings. The number of aryl methyl sites for hydroxylation is 1. The molecule has 2 aromatic heterocycles. The maximum Gasteiger partial charge on any atom is 0.226 e. The molecule has 98 valence electrons. The van der Waals surface area contributed by atoms with Crippen molar-refractivity contribution >= 4 is 33.3 Å². The summed E-state index contributed by atoms with van der Waals surface area (Å²) < 4.78 is 0. The Labute approximate surface area is 110 Å². The second-order valence-corrected chi connectivity index (χ2v) is 5.36. The van der Waals surface area contributed by atoms with Gasteiger partial charge in [-0.05, 0) is 19.9 Å². The number of nitrogens with one attached hydrogen (secondary N) is 1. The molecule has 0 amide bonds. The summed E-state index contributed by atoms with van der Waals surface area (Å²) in [5, 5.41) is 13.2. The van der Waals surface area contributed by atoms with Crippen LogP contribution < -0.4 is 10.2 Å². The fourth-order valence-electron chi connectivity index (χ4n) is 1.81. The van der Waals surface area contributed by atoms with E-state index in [1.165, 1.54) is 4.88 Å². The number of hydrogen-bond donors (Lipinski definition) is 2. The summed E-state index contributed by atoms with van der Waals surface area (Å²) in [7, 11) is 1.93. The van der Waals surface area contributed by atoms with E-state index in [1.54, 1.807) is 11.3 Å².